The highest BCUT2D eigenvalue weighted by Crippen LogP contribution is 2.04. The zero-order valence-corrected chi connectivity index (χ0v) is 7.84. The minimum atomic E-state index is -0.0869. The fourth-order valence-corrected chi connectivity index (χ4v) is 1.39. The summed E-state index contributed by atoms with van der Waals surface area (Å²) in [5.74, 6) is 0.614. The van der Waals surface area contributed by atoms with Crippen molar-refractivity contribution in [3.05, 3.63) is 34.6 Å². The molecule has 0 amide bonds. The molecule has 74 valence electrons. The van der Waals surface area contributed by atoms with Crippen LogP contribution in [0.5, 0.6) is 0 Å². The van der Waals surface area contributed by atoms with Crippen LogP contribution in [-0.2, 0) is 6.54 Å². The van der Waals surface area contributed by atoms with E-state index in [-0.39, 0.29) is 12.2 Å². The third-order valence-corrected chi connectivity index (χ3v) is 2.10. The number of aliphatic hydroxyl groups is 1. The molecule has 0 fully saturated rings. The standard InChI is InChI=1S/C9H11N3O2/c1-7-9(14)12-3-2-11(4-5-13)6-8(12)10-7/h2-3,6,13H,4-5H2,1H3. The quantitative estimate of drug-likeness (QED) is 0.716. The third-order valence-electron chi connectivity index (χ3n) is 2.10. The smallest absolute Gasteiger partial charge is 0.277 e. The molecule has 0 radical (unpaired) electrons. The summed E-state index contributed by atoms with van der Waals surface area (Å²) in [5.41, 5.74) is 0.405. The van der Waals surface area contributed by atoms with E-state index in [1.165, 1.54) is 4.57 Å². The van der Waals surface area contributed by atoms with E-state index in [1.54, 1.807) is 30.1 Å². The van der Waals surface area contributed by atoms with Crippen LogP contribution in [-0.4, -0.2) is 25.8 Å². The number of aromatic nitrogens is 3. The van der Waals surface area contributed by atoms with Gasteiger partial charge < -0.3 is 9.67 Å². The second-order valence-electron chi connectivity index (χ2n) is 3.12. The first-order valence-electron chi connectivity index (χ1n) is 4.38. The van der Waals surface area contributed by atoms with E-state index < -0.39 is 0 Å². The van der Waals surface area contributed by atoms with E-state index >= 15 is 0 Å². The fraction of sp³-hybridized carbons (Fsp3) is 0.333. The molecule has 0 bridgehead atoms. The molecule has 14 heavy (non-hydrogen) atoms. The van der Waals surface area contributed by atoms with Crippen molar-refractivity contribution in [1.82, 2.24) is 14.1 Å². The molecule has 2 rings (SSSR count). The Hall–Kier alpha value is -1.62. The summed E-state index contributed by atoms with van der Waals surface area (Å²) in [6, 6.07) is 0. The van der Waals surface area contributed by atoms with E-state index in [4.69, 9.17) is 5.11 Å². The zero-order valence-electron chi connectivity index (χ0n) is 7.84. The average molecular weight is 193 g/mol. The Morgan fingerprint density at radius 2 is 2.29 bits per heavy atom. The van der Waals surface area contributed by atoms with Crippen LogP contribution in [0.15, 0.2) is 23.4 Å². The van der Waals surface area contributed by atoms with Crippen LogP contribution >= 0.6 is 0 Å². The van der Waals surface area contributed by atoms with Crippen LogP contribution in [0, 0.1) is 6.92 Å². The number of fused-ring (bicyclic) bond motifs is 1. The highest BCUT2D eigenvalue weighted by molar-refractivity contribution is 5.24. The van der Waals surface area contributed by atoms with Crippen molar-refractivity contribution in [1.29, 1.82) is 0 Å². The molecule has 5 heteroatoms. The minimum Gasteiger partial charge on any atom is -0.395 e. The van der Waals surface area contributed by atoms with E-state index in [0.29, 0.717) is 18.1 Å². The molecule has 1 N–H and O–H groups in total. The topological polar surface area (TPSA) is 60.0 Å². The minimum absolute atomic E-state index is 0.0742. The van der Waals surface area contributed by atoms with Gasteiger partial charge in [0.1, 0.15) is 5.69 Å². The van der Waals surface area contributed by atoms with Crippen LogP contribution < -0.4 is 5.56 Å². The lowest BCUT2D eigenvalue weighted by molar-refractivity contribution is 0.275. The second-order valence-corrected chi connectivity index (χ2v) is 3.12. The number of hydrogen-bond acceptors (Lipinski definition) is 3. The molecule has 0 aromatic heterocycles. The summed E-state index contributed by atoms with van der Waals surface area (Å²) in [6.45, 7) is 2.27. The summed E-state index contributed by atoms with van der Waals surface area (Å²) < 4.78 is 3.28. The highest BCUT2D eigenvalue weighted by Gasteiger charge is 2.09. The van der Waals surface area contributed by atoms with Crippen molar-refractivity contribution < 1.29 is 5.11 Å². The van der Waals surface area contributed by atoms with Crippen molar-refractivity contribution in [3.8, 4) is 5.82 Å². The summed E-state index contributed by atoms with van der Waals surface area (Å²) in [5, 5.41) is 8.74. The number of hydrogen-bond donors (Lipinski definition) is 1. The summed E-state index contributed by atoms with van der Waals surface area (Å²) in [4.78, 5) is 15.5. The van der Waals surface area contributed by atoms with Crippen molar-refractivity contribution in [2.24, 2.45) is 0 Å². The first-order chi connectivity index (χ1) is 6.72. The largest absolute Gasteiger partial charge is 0.395 e. The Labute approximate surface area is 80.6 Å². The van der Waals surface area contributed by atoms with E-state index in [2.05, 4.69) is 4.98 Å². The first-order valence-corrected chi connectivity index (χ1v) is 4.38. The predicted molar refractivity (Wildman–Crippen MR) is 50.8 cm³/mol. The van der Waals surface area contributed by atoms with Crippen molar-refractivity contribution in [3.63, 3.8) is 0 Å². The van der Waals surface area contributed by atoms with Gasteiger partial charge in [-0.15, -0.1) is 0 Å². The number of imidazole rings is 1. The maximum atomic E-state index is 11.4. The van der Waals surface area contributed by atoms with Crippen molar-refractivity contribution in [2.75, 3.05) is 6.61 Å². The van der Waals surface area contributed by atoms with Gasteiger partial charge in [-0.2, -0.15) is 0 Å². The fourth-order valence-electron chi connectivity index (χ4n) is 1.39. The monoisotopic (exact) mass is 193 g/mol. The molecule has 2 aliphatic heterocycles. The zero-order chi connectivity index (χ0) is 10.1. The SMILES string of the molecule is Cc1nc2cn(CCO)ccn-2c1=O. The average Bonchev–Trinajstić information content (AvgIpc) is 2.43. The lowest BCUT2D eigenvalue weighted by atomic mass is 10.5. The van der Waals surface area contributed by atoms with Gasteiger partial charge in [-0.1, -0.05) is 0 Å². The van der Waals surface area contributed by atoms with Crippen molar-refractivity contribution in [2.45, 2.75) is 13.5 Å². The van der Waals surface area contributed by atoms with Gasteiger partial charge in [0.25, 0.3) is 5.56 Å². The van der Waals surface area contributed by atoms with Crippen LogP contribution in [0.3, 0.4) is 0 Å². The lowest BCUT2D eigenvalue weighted by Gasteiger charge is -2.06. The molecule has 0 saturated heterocycles. The van der Waals surface area contributed by atoms with Crippen LogP contribution in [0.4, 0.5) is 0 Å². The Bertz CT molecular complexity index is 472. The van der Waals surface area contributed by atoms with Gasteiger partial charge >= 0.3 is 0 Å². The summed E-state index contributed by atoms with van der Waals surface area (Å²) in [6.07, 6.45) is 5.14. The van der Waals surface area contributed by atoms with Gasteiger partial charge in [0.15, 0.2) is 5.82 Å². The van der Waals surface area contributed by atoms with E-state index in [9.17, 15) is 4.79 Å². The van der Waals surface area contributed by atoms with Crippen molar-refractivity contribution >= 4 is 0 Å². The maximum Gasteiger partial charge on any atom is 0.277 e. The number of aliphatic hydroxyl groups excluding tert-OH is 1. The molecule has 5 nitrogen and oxygen atoms in total. The van der Waals surface area contributed by atoms with Gasteiger partial charge in [0.2, 0.25) is 0 Å². The summed E-state index contributed by atoms with van der Waals surface area (Å²) in [7, 11) is 0. The van der Waals surface area contributed by atoms with E-state index in [0.717, 1.165) is 0 Å². The van der Waals surface area contributed by atoms with Gasteiger partial charge in [-0.25, -0.2) is 4.98 Å². The van der Waals surface area contributed by atoms with Crippen LogP contribution in [0.2, 0.25) is 0 Å². The van der Waals surface area contributed by atoms with Gasteiger partial charge in [0.05, 0.1) is 6.61 Å². The maximum absolute atomic E-state index is 11.4. The Balaban J connectivity index is 2.56. The number of rotatable bonds is 2. The molecule has 0 aromatic rings. The molecule has 0 spiro atoms. The van der Waals surface area contributed by atoms with Gasteiger partial charge in [0, 0.05) is 25.1 Å². The first kappa shape index (κ1) is 8.96. The Morgan fingerprint density at radius 3 is 3.00 bits per heavy atom. The molecule has 0 aromatic carbocycles. The highest BCUT2D eigenvalue weighted by atomic mass is 16.3. The van der Waals surface area contributed by atoms with Crippen LogP contribution in [0.1, 0.15) is 5.69 Å². The Kier molecular flexibility index (Phi) is 2.09. The molecule has 2 aliphatic rings. The van der Waals surface area contributed by atoms with E-state index in [1.807, 2.05) is 0 Å². The normalized spacial score (nSPS) is 11.0. The van der Waals surface area contributed by atoms with Gasteiger partial charge in [-0.05, 0) is 6.92 Å². The second kappa shape index (κ2) is 3.26. The molecule has 2 heterocycles. The summed E-state index contributed by atoms with van der Waals surface area (Å²) >= 11 is 0. The van der Waals surface area contributed by atoms with Crippen LogP contribution in [0.25, 0.3) is 5.82 Å². The predicted octanol–water partition coefficient (Wildman–Crippen LogP) is -0.227. The molecule has 0 saturated carbocycles. The molecule has 0 aliphatic carbocycles. The molecule has 0 atom stereocenters. The number of aryl methyl sites for hydroxylation is 1. The third kappa shape index (κ3) is 1.31. The molecular formula is C9H11N3O2. The Morgan fingerprint density at radius 1 is 1.50 bits per heavy atom. The molecule has 0 unspecified atom stereocenters. The lowest BCUT2D eigenvalue weighted by Crippen LogP contribution is -2.15. The number of nitrogens with zero attached hydrogens (tertiary/aromatic N) is 3. The molecular weight excluding hydrogens is 182 g/mol. The van der Waals surface area contributed by atoms with Gasteiger partial charge in [-0.3, -0.25) is 9.36 Å².